The van der Waals surface area contributed by atoms with E-state index in [1.165, 1.54) is 6.92 Å². The molecule has 1 aromatic heterocycles. The first-order valence-corrected chi connectivity index (χ1v) is 8.35. The molecule has 1 heterocycles. The quantitative estimate of drug-likeness (QED) is 0.490. The van der Waals surface area contributed by atoms with Crippen LogP contribution in [0.25, 0.3) is 0 Å². The predicted molar refractivity (Wildman–Crippen MR) is 93.7 cm³/mol. The zero-order valence-corrected chi connectivity index (χ0v) is 14.7. The summed E-state index contributed by atoms with van der Waals surface area (Å²) in [5, 5.41) is 2.63. The maximum absolute atomic E-state index is 12.1. The third-order valence-corrected chi connectivity index (χ3v) is 4.27. The third kappa shape index (κ3) is 5.03. The first-order chi connectivity index (χ1) is 11.3. The van der Waals surface area contributed by atoms with Crippen molar-refractivity contribution in [3.05, 3.63) is 45.6 Å². The molecule has 0 aliphatic carbocycles. The minimum absolute atomic E-state index is 0.0284. The zero-order valence-electron chi connectivity index (χ0n) is 13.8. The van der Waals surface area contributed by atoms with Crippen LogP contribution in [-0.2, 0) is 9.59 Å². The number of thiophene rings is 1. The number of amides is 1. The normalized spacial score (nSPS) is 10.3. The molecule has 24 heavy (non-hydrogen) atoms. The van der Waals surface area contributed by atoms with E-state index < -0.39 is 5.97 Å². The number of aryl methyl sites for hydroxylation is 2. The van der Waals surface area contributed by atoms with Gasteiger partial charge in [-0.05, 0) is 44.2 Å². The molecule has 6 heteroatoms. The van der Waals surface area contributed by atoms with E-state index in [4.69, 9.17) is 4.74 Å². The first-order valence-electron chi connectivity index (χ1n) is 7.53. The maximum Gasteiger partial charge on any atom is 0.311 e. The molecule has 0 aliphatic heterocycles. The van der Waals surface area contributed by atoms with E-state index in [0.717, 1.165) is 9.75 Å². The van der Waals surface area contributed by atoms with Crippen LogP contribution < -0.4 is 10.1 Å². The lowest BCUT2D eigenvalue weighted by Gasteiger charge is -2.06. The van der Waals surface area contributed by atoms with E-state index in [1.807, 2.05) is 19.9 Å². The molecule has 0 fully saturated rings. The topological polar surface area (TPSA) is 72.5 Å². The number of hydrogen-bond acceptors (Lipinski definition) is 5. The van der Waals surface area contributed by atoms with Crippen LogP contribution in [0, 0.1) is 13.8 Å². The van der Waals surface area contributed by atoms with Gasteiger partial charge in [0.25, 0.3) is 0 Å². The SMILES string of the molecule is CC(=O)Nc1ccc(OC(=O)CCC(=O)c2cc(C)sc2C)cc1. The summed E-state index contributed by atoms with van der Waals surface area (Å²) in [6, 6.07) is 8.34. The number of nitrogens with one attached hydrogen (secondary N) is 1. The number of esters is 1. The van der Waals surface area contributed by atoms with Crippen LogP contribution in [0.4, 0.5) is 5.69 Å². The van der Waals surface area contributed by atoms with E-state index in [0.29, 0.717) is 17.0 Å². The van der Waals surface area contributed by atoms with Gasteiger partial charge in [-0.2, -0.15) is 0 Å². The van der Waals surface area contributed by atoms with Crippen LogP contribution in [0.2, 0.25) is 0 Å². The second kappa shape index (κ2) is 7.88. The minimum atomic E-state index is -0.458. The number of carbonyl (C=O) groups is 3. The van der Waals surface area contributed by atoms with Crippen molar-refractivity contribution in [3.8, 4) is 5.75 Å². The highest BCUT2D eigenvalue weighted by molar-refractivity contribution is 7.12. The van der Waals surface area contributed by atoms with Crippen molar-refractivity contribution in [2.75, 3.05) is 5.32 Å². The van der Waals surface area contributed by atoms with Gasteiger partial charge >= 0.3 is 5.97 Å². The molecule has 0 spiro atoms. The second-order valence-electron chi connectivity index (χ2n) is 5.43. The molecule has 0 saturated heterocycles. The highest BCUT2D eigenvalue weighted by Gasteiger charge is 2.14. The maximum atomic E-state index is 12.1. The summed E-state index contributed by atoms with van der Waals surface area (Å²) in [6.45, 7) is 5.27. The molecule has 126 valence electrons. The van der Waals surface area contributed by atoms with Crippen LogP contribution in [0.5, 0.6) is 5.75 Å². The first kappa shape index (κ1) is 17.9. The summed E-state index contributed by atoms with van der Waals surface area (Å²) >= 11 is 1.57. The van der Waals surface area contributed by atoms with Gasteiger partial charge in [0.2, 0.25) is 5.91 Å². The van der Waals surface area contributed by atoms with Gasteiger partial charge in [-0.15, -0.1) is 11.3 Å². The molecule has 1 aromatic carbocycles. The van der Waals surface area contributed by atoms with Crippen molar-refractivity contribution in [2.24, 2.45) is 0 Å². The third-order valence-electron chi connectivity index (χ3n) is 3.30. The van der Waals surface area contributed by atoms with E-state index in [9.17, 15) is 14.4 Å². The minimum Gasteiger partial charge on any atom is -0.427 e. The lowest BCUT2D eigenvalue weighted by atomic mass is 10.1. The zero-order chi connectivity index (χ0) is 17.7. The van der Waals surface area contributed by atoms with E-state index in [1.54, 1.807) is 35.6 Å². The number of hydrogen-bond donors (Lipinski definition) is 1. The monoisotopic (exact) mass is 345 g/mol. The molecule has 0 atom stereocenters. The average Bonchev–Trinajstić information content (AvgIpc) is 2.85. The fraction of sp³-hybridized carbons (Fsp3) is 0.278. The van der Waals surface area contributed by atoms with Crippen LogP contribution >= 0.6 is 11.3 Å². The fourth-order valence-corrected chi connectivity index (χ4v) is 3.19. The van der Waals surface area contributed by atoms with Crippen molar-refractivity contribution < 1.29 is 19.1 Å². The molecule has 0 unspecified atom stereocenters. The van der Waals surface area contributed by atoms with Gasteiger partial charge in [0.1, 0.15) is 5.75 Å². The lowest BCUT2D eigenvalue weighted by molar-refractivity contribution is -0.134. The van der Waals surface area contributed by atoms with Gasteiger partial charge in [-0.25, -0.2) is 0 Å². The Morgan fingerprint density at radius 3 is 2.29 bits per heavy atom. The van der Waals surface area contributed by atoms with Gasteiger partial charge in [-0.3, -0.25) is 14.4 Å². The molecule has 1 amide bonds. The Morgan fingerprint density at radius 1 is 1.08 bits per heavy atom. The number of benzene rings is 1. The van der Waals surface area contributed by atoms with E-state index >= 15 is 0 Å². The molecular weight excluding hydrogens is 326 g/mol. The molecule has 2 rings (SSSR count). The second-order valence-corrected chi connectivity index (χ2v) is 6.89. The molecule has 1 N–H and O–H groups in total. The van der Waals surface area contributed by atoms with Gasteiger partial charge in [0.05, 0.1) is 6.42 Å². The Labute approximate surface area is 144 Å². The molecule has 0 bridgehead atoms. The van der Waals surface area contributed by atoms with Gasteiger partial charge < -0.3 is 10.1 Å². The molecule has 0 radical (unpaired) electrons. The van der Waals surface area contributed by atoms with Crippen LogP contribution in [-0.4, -0.2) is 17.7 Å². The molecule has 5 nitrogen and oxygen atoms in total. The molecule has 0 aliphatic rings. The van der Waals surface area contributed by atoms with Crippen molar-refractivity contribution in [3.63, 3.8) is 0 Å². The summed E-state index contributed by atoms with van der Waals surface area (Å²) in [5.41, 5.74) is 1.31. The molecule has 0 saturated carbocycles. The van der Waals surface area contributed by atoms with Gasteiger partial charge in [0.15, 0.2) is 5.78 Å². The predicted octanol–water partition coefficient (Wildman–Crippen LogP) is 3.89. The van der Waals surface area contributed by atoms with E-state index in [-0.39, 0.29) is 24.5 Å². The van der Waals surface area contributed by atoms with Crippen molar-refractivity contribution >= 4 is 34.7 Å². The standard InChI is InChI=1S/C18H19NO4S/c1-11-10-16(12(2)24-11)17(21)8-9-18(22)23-15-6-4-14(5-7-15)19-13(3)20/h4-7,10H,8-9H2,1-3H3,(H,19,20). The summed E-state index contributed by atoms with van der Waals surface area (Å²) in [5.74, 6) is -0.295. The van der Waals surface area contributed by atoms with Crippen molar-refractivity contribution in [2.45, 2.75) is 33.6 Å². The lowest BCUT2D eigenvalue weighted by Crippen LogP contribution is -2.11. The number of carbonyl (C=O) groups excluding carboxylic acids is 3. The number of ether oxygens (including phenoxy) is 1. The van der Waals surface area contributed by atoms with Gasteiger partial charge in [0, 0.05) is 34.3 Å². The Bertz CT molecular complexity index is 762. The number of Topliss-reactive ketones (excluding diaryl/α,β-unsaturated/α-hetero) is 1. The average molecular weight is 345 g/mol. The summed E-state index contributed by atoms with van der Waals surface area (Å²) < 4.78 is 5.19. The van der Waals surface area contributed by atoms with Gasteiger partial charge in [-0.1, -0.05) is 0 Å². The Kier molecular flexibility index (Phi) is 5.87. The number of ketones is 1. The number of anilines is 1. The fourth-order valence-electron chi connectivity index (χ4n) is 2.25. The van der Waals surface area contributed by atoms with Crippen LogP contribution in [0.15, 0.2) is 30.3 Å². The Hall–Kier alpha value is -2.47. The van der Waals surface area contributed by atoms with Crippen LogP contribution in [0.3, 0.4) is 0 Å². The van der Waals surface area contributed by atoms with Crippen LogP contribution in [0.1, 0.15) is 39.9 Å². The molecule has 2 aromatic rings. The van der Waals surface area contributed by atoms with Crippen molar-refractivity contribution in [1.29, 1.82) is 0 Å². The highest BCUT2D eigenvalue weighted by atomic mass is 32.1. The Morgan fingerprint density at radius 2 is 1.75 bits per heavy atom. The largest absolute Gasteiger partial charge is 0.427 e. The summed E-state index contributed by atoms with van der Waals surface area (Å²) in [4.78, 5) is 37.0. The Balaban J connectivity index is 1.86. The summed E-state index contributed by atoms with van der Waals surface area (Å²) in [6.07, 6.45) is 0.153. The number of rotatable bonds is 6. The van der Waals surface area contributed by atoms with Crippen molar-refractivity contribution in [1.82, 2.24) is 0 Å². The summed E-state index contributed by atoms with van der Waals surface area (Å²) in [7, 11) is 0. The highest BCUT2D eigenvalue weighted by Crippen LogP contribution is 2.22. The van der Waals surface area contributed by atoms with E-state index in [2.05, 4.69) is 5.32 Å². The smallest absolute Gasteiger partial charge is 0.311 e. The molecular formula is C18H19NO4S.